The lowest BCUT2D eigenvalue weighted by Crippen LogP contribution is -1.93. The van der Waals surface area contributed by atoms with Gasteiger partial charge in [0.05, 0.1) is 10.7 Å². The monoisotopic (exact) mass is 292 g/mol. The first-order valence-corrected chi connectivity index (χ1v) is 7.87. The van der Waals surface area contributed by atoms with Gasteiger partial charge in [-0.3, -0.25) is 0 Å². The summed E-state index contributed by atoms with van der Waals surface area (Å²) < 4.78 is 0. The third kappa shape index (κ3) is 2.68. The Balaban J connectivity index is 2.01. The summed E-state index contributed by atoms with van der Waals surface area (Å²) in [6.45, 7) is 4.16. The van der Waals surface area contributed by atoms with Crippen molar-refractivity contribution in [1.82, 2.24) is 4.98 Å². The number of nitrogens with zero attached hydrogens (tertiary/aromatic N) is 2. The quantitative estimate of drug-likeness (QED) is 0.689. The Labute approximate surface area is 128 Å². The fourth-order valence-corrected chi connectivity index (χ4v) is 3.57. The molecular formula is C18H16N2S. The number of hydrogen-bond donors (Lipinski definition) is 0. The summed E-state index contributed by atoms with van der Waals surface area (Å²) in [5, 5.41) is 12.8. The van der Waals surface area contributed by atoms with Gasteiger partial charge in [-0.1, -0.05) is 56.3 Å². The van der Waals surface area contributed by atoms with E-state index in [0.29, 0.717) is 0 Å². The third-order valence-corrected chi connectivity index (χ3v) is 4.54. The Hall–Kier alpha value is -2.18. The molecule has 0 atom stereocenters. The summed E-state index contributed by atoms with van der Waals surface area (Å²) in [5.74, 6) is 0.289. The number of nitriles is 1. The summed E-state index contributed by atoms with van der Waals surface area (Å²) in [5.41, 5.74) is 2.19. The zero-order valence-electron chi connectivity index (χ0n) is 12.1. The number of rotatable bonds is 3. The van der Waals surface area contributed by atoms with Crippen LogP contribution in [0.25, 0.3) is 10.8 Å². The van der Waals surface area contributed by atoms with E-state index in [0.717, 1.165) is 22.0 Å². The van der Waals surface area contributed by atoms with Crippen molar-refractivity contribution in [3.05, 3.63) is 63.6 Å². The minimum Gasteiger partial charge on any atom is -0.244 e. The highest BCUT2D eigenvalue weighted by molar-refractivity contribution is 7.12. The standard InChI is InChI=1S/C18H16N2S/c1-12(2)18-16(11-19)21-17(20-18)10-14-8-5-7-13-6-3-4-9-15(13)14/h3-9,12H,10H2,1-2H3. The first kappa shape index (κ1) is 13.8. The molecule has 0 aliphatic heterocycles. The fraction of sp³-hybridized carbons (Fsp3) is 0.222. The van der Waals surface area contributed by atoms with E-state index in [-0.39, 0.29) is 5.92 Å². The second-order valence-electron chi connectivity index (χ2n) is 5.40. The Morgan fingerprint density at radius 3 is 2.62 bits per heavy atom. The lowest BCUT2D eigenvalue weighted by atomic mass is 10.0. The van der Waals surface area contributed by atoms with Gasteiger partial charge in [0.2, 0.25) is 0 Å². The molecule has 0 saturated heterocycles. The molecule has 0 N–H and O–H groups in total. The van der Waals surface area contributed by atoms with E-state index in [1.165, 1.54) is 27.7 Å². The minimum absolute atomic E-state index is 0.289. The van der Waals surface area contributed by atoms with E-state index < -0.39 is 0 Å². The van der Waals surface area contributed by atoms with Crippen molar-refractivity contribution >= 4 is 22.1 Å². The first-order chi connectivity index (χ1) is 10.2. The summed E-state index contributed by atoms with van der Waals surface area (Å²) in [4.78, 5) is 5.43. The van der Waals surface area contributed by atoms with Crippen molar-refractivity contribution in [3.63, 3.8) is 0 Å². The predicted molar refractivity (Wildman–Crippen MR) is 87.7 cm³/mol. The van der Waals surface area contributed by atoms with Crippen LogP contribution in [0.15, 0.2) is 42.5 Å². The molecule has 3 aromatic rings. The molecule has 2 aromatic carbocycles. The summed E-state index contributed by atoms with van der Waals surface area (Å²) in [6, 6.07) is 17.0. The van der Waals surface area contributed by atoms with Crippen LogP contribution in [0, 0.1) is 11.3 Å². The predicted octanol–water partition coefficient (Wildman–Crippen LogP) is 4.88. The van der Waals surface area contributed by atoms with Gasteiger partial charge in [-0.25, -0.2) is 4.98 Å². The molecule has 0 saturated carbocycles. The molecule has 0 aliphatic carbocycles. The molecule has 0 spiro atoms. The molecule has 0 amide bonds. The van der Waals surface area contributed by atoms with Crippen molar-refractivity contribution in [2.45, 2.75) is 26.2 Å². The average molecular weight is 292 g/mol. The van der Waals surface area contributed by atoms with Crippen LogP contribution in [0.5, 0.6) is 0 Å². The van der Waals surface area contributed by atoms with Crippen LogP contribution in [0.2, 0.25) is 0 Å². The zero-order chi connectivity index (χ0) is 14.8. The van der Waals surface area contributed by atoms with Gasteiger partial charge in [-0.05, 0) is 22.3 Å². The van der Waals surface area contributed by atoms with Gasteiger partial charge in [-0.2, -0.15) is 5.26 Å². The van der Waals surface area contributed by atoms with Crippen LogP contribution in [0.3, 0.4) is 0 Å². The highest BCUT2D eigenvalue weighted by Crippen LogP contribution is 2.28. The van der Waals surface area contributed by atoms with Gasteiger partial charge in [0, 0.05) is 6.42 Å². The van der Waals surface area contributed by atoms with Crippen LogP contribution >= 0.6 is 11.3 Å². The Kier molecular flexibility index (Phi) is 3.72. The Bertz CT molecular complexity index is 819. The Morgan fingerprint density at radius 2 is 1.90 bits per heavy atom. The Morgan fingerprint density at radius 1 is 1.14 bits per heavy atom. The highest BCUT2D eigenvalue weighted by atomic mass is 32.1. The number of hydrogen-bond acceptors (Lipinski definition) is 3. The molecule has 1 heterocycles. The minimum atomic E-state index is 0.289. The number of thiazole rings is 1. The molecule has 0 bridgehead atoms. The summed E-state index contributed by atoms with van der Waals surface area (Å²) in [6.07, 6.45) is 0.785. The molecule has 3 rings (SSSR count). The molecule has 0 fully saturated rings. The van der Waals surface area contributed by atoms with Gasteiger partial charge in [0.15, 0.2) is 0 Å². The molecule has 1 aromatic heterocycles. The van der Waals surface area contributed by atoms with Gasteiger partial charge in [0.1, 0.15) is 10.9 Å². The lowest BCUT2D eigenvalue weighted by molar-refractivity contribution is 0.822. The topological polar surface area (TPSA) is 36.7 Å². The smallest absolute Gasteiger partial charge is 0.128 e. The SMILES string of the molecule is CC(C)c1nc(Cc2cccc3ccccc23)sc1C#N. The van der Waals surface area contributed by atoms with Crippen LogP contribution in [-0.4, -0.2) is 4.98 Å². The first-order valence-electron chi connectivity index (χ1n) is 7.05. The molecule has 0 radical (unpaired) electrons. The van der Waals surface area contributed by atoms with Gasteiger partial charge >= 0.3 is 0 Å². The normalized spacial score (nSPS) is 11.0. The van der Waals surface area contributed by atoms with E-state index in [9.17, 15) is 5.26 Å². The second-order valence-corrected chi connectivity index (χ2v) is 6.49. The van der Waals surface area contributed by atoms with E-state index >= 15 is 0 Å². The van der Waals surface area contributed by atoms with E-state index in [1.807, 2.05) is 0 Å². The van der Waals surface area contributed by atoms with Gasteiger partial charge in [0.25, 0.3) is 0 Å². The van der Waals surface area contributed by atoms with Crippen LogP contribution in [0.1, 0.15) is 40.9 Å². The lowest BCUT2D eigenvalue weighted by Gasteiger charge is -2.04. The summed E-state index contributed by atoms with van der Waals surface area (Å²) >= 11 is 1.52. The van der Waals surface area contributed by atoms with E-state index in [1.54, 1.807) is 0 Å². The fourth-order valence-electron chi connectivity index (χ4n) is 2.53. The van der Waals surface area contributed by atoms with Crippen molar-refractivity contribution in [1.29, 1.82) is 5.26 Å². The van der Waals surface area contributed by atoms with Gasteiger partial charge < -0.3 is 0 Å². The molecule has 0 aliphatic rings. The molecule has 104 valence electrons. The maximum Gasteiger partial charge on any atom is 0.128 e. The molecule has 3 heteroatoms. The number of benzene rings is 2. The molecule has 0 unspecified atom stereocenters. The van der Waals surface area contributed by atoms with Crippen molar-refractivity contribution in [2.24, 2.45) is 0 Å². The second kappa shape index (κ2) is 5.67. The zero-order valence-corrected chi connectivity index (χ0v) is 12.9. The molecule has 21 heavy (non-hydrogen) atoms. The largest absolute Gasteiger partial charge is 0.244 e. The molecule has 2 nitrogen and oxygen atoms in total. The van der Waals surface area contributed by atoms with E-state index in [4.69, 9.17) is 0 Å². The number of aromatic nitrogens is 1. The maximum atomic E-state index is 9.24. The van der Waals surface area contributed by atoms with E-state index in [2.05, 4.69) is 67.4 Å². The van der Waals surface area contributed by atoms with Crippen molar-refractivity contribution in [2.75, 3.05) is 0 Å². The van der Waals surface area contributed by atoms with Crippen LogP contribution in [-0.2, 0) is 6.42 Å². The third-order valence-electron chi connectivity index (χ3n) is 3.57. The highest BCUT2D eigenvalue weighted by Gasteiger charge is 2.14. The van der Waals surface area contributed by atoms with Crippen molar-refractivity contribution in [3.8, 4) is 6.07 Å². The van der Waals surface area contributed by atoms with Crippen LogP contribution < -0.4 is 0 Å². The van der Waals surface area contributed by atoms with Gasteiger partial charge in [-0.15, -0.1) is 11.3 Å². The maximum absolute atomic E-state index is 9.24. The summed E-state index contributed by atoms with van der Waals surface area (Å²) in [7, 11) is 0. The van der Waals surface area contributed by atoms with Crippen molar-refractivity contribution < 1.29 is 0 Å². The average Bonchev–Trinajstić information content (AvgIpc) is 2.91. The number of fused-ring (bicyclic) bond motifs is 1. The van der Waals surface area contributed by atoms with Crippen LogP contribution in [0.4, 0.5) is 0 Å². The molecular weight excluding hydrogens is 276 g/mol.